The van der Waals surface area contributed by atoms with Crippen molar-refractivity contribution in [2.24, 2.45) is 0 Å². The minimum atomic E-state index is -3.90. The molecule has 0 aromatic heterocycles. The number of halogens is 2. The maximum absolute atomic E-state index is 12.9. The van der Waals surface area contributed by atoms with Crippen LogP contribution in [0.15, 0.2) is 47.4 Å². The number of rotatable bonds is 5. The van der Waals surface area contributed by atoms with E-state index in [-0.39, 0.29) is 27.8 Å². The van der Waals surface area contributed by atoms with E-state index in [0.29, 0.717) is 17.9 Å². The van der Waals surface area contributed by atoms with E-state index in [0.717, 1.165) is 10.4 Å². The molecule has 2 aromatic rings. The summed E-state index contributed by atoms with van der Waals surface area (Å²) in [6, 6.07) is 8.37. The van der Waals surface area contributed by atoms with Crippen molar-refractivity contribution in [1.29, 1.82) is 0 Å². The van der Waals surface area contributed by atoms with Crippen molar-refractivity contribution >= 4 is 50.5 Å². The van der Waals surface area contributed by atoms with Gasteiger partial charge in [0.05, 0.1) is 20.5 Å². The third-order valence-electron chi connectivity index (χ3n) is 4.35. The van der Waals surface area contributed by atoms with Gasteiger partial charge in [-0.3, -0.25) is 14.9 Å². The molecule has 1 aliphatic rings. The predicted octanol–water partition coefficient (Wildman–Crippen LogP) is 3.69. The molecular formula is C17H15Cl2N3O5S. The lowest BCUT2D eigenvalue weighted by Crippen LogP contribution is -2.43. The number of hydrogen-bond donors (Lipinski definition) is 1. The Labute approximate surface area is 171 Å². The second-order valence-corrected chi connectivity index (χ2v) is 8.87. The number of non-ortho nitro benzene ring substituents is 1. The van der Waals surface area contributed by atoms with E-state index in [1.54, 1.807) is 0 Å². The van der Waals surface area contributed by atoms with E-state index in [2.05, 4.69) is 5.32 Å². The van der Waals surface area contributed by atoms with Crippen LogP contribution in [0.25, 0.3) is 0 Å². The summed E-state index contributed by atoms with van der Waals surface area (Å²) in [5.74, 6) is -0.600. The van der Waals surface area contributed by atoms with Crippen LogP contribution in [0.4, 0.5) is 11.4 Å². The van der Waals surface area contributed by atoms with Crippen LogP contribution in [-0.2, 0) is 14.8 Å². The van der Waals surface area contributed by atoms with Crippen molar-refractivity contribution in [3.8, 4) is 0 Å². The van der Waals surface area contributed by atoms with Gasteiger partial charge in [0.1, 0.15) is 6.04 Å². The third-order valence-corrected chi connectivity index (χ3v) is 6.85. The third kappa shape index (κ3) is 4.12. The van der Waals surface area contributed by atoms with Gasteiger partial charge in [0.2, 0.25) is 15.9 Å². The number of carbonyl (C=O) groups is 1. The van der Waals surface area contributed by atoms with Crippen molar-refractivity contribution in [1.82, 2.24) is 4.31 Å². The van der Waals surface area contributed by atoms with Crippen LogP contribution in [0, 0.1) is 10.1 Å². The Balaban J connectivity index is 1.85. The van der Waals surface area contributed by atoms with Crippen LogP contribution in [0.1, 0.15) is 12.8 Å². The van der Waals surface area contributed by atoms with Gasteiger partial charge in [0, 0.05) is 23.7 Å². The quantitative estimate of drug-likeness (QED) is 0.559. The van der Waals surface area contributed by atoms with E-state index in [1.165, 1.54) is 36.4 Å². The van der Waals surface area contributed by atoms with E-state index in [4.69, 9.17) is 23.2 Å². The SMILES string of the molecule is O=C(Nc1cc([N+](=O)[O-])ccc1Cl)[C@@H]1CCCN1S(=O)(=O)c1ccc(Cl)cc1. The van der Waals surface area contributed by atoms with Crippen molar-refractivity contribution < 1.29 is 18.1 Å². The molecule has 1 N–H and O–H groups in total. The van der Waals surface area contributed by atoms with Crippen molar-refractivity contribution in [3.63, 3.8) is 0 Å². The fourth-order valence-corrected chi connectivity index (χ4v) is 4.92. The molecule has 1 fully saturated rings. The van der Waals surface area contributed by atoms with Gasteiger partial charge in [0.15, 0.2) is 0 Å². The maximum Gasteiger partial charge on any atom is 0.271 e. The number of hydrogen-bond acceptors (Lipinski definition) is 5. The molecule has 0 bridgehead atoms. The van der Waals surface area contributed by atoms with Crippen LogP contribution < -0.4 is 5.32 Å². The topological polar surface area (TPSA) is 110 Å². The average molecular weight is 444 g/mol. The standard InChI is InChI=1S/C17H15Cl2N3O5S/c18-11-3-6-13(7-4-11)28(26,27)21-9-1-2-16(21)17(23)20-15-10-12(22(24)25)5-8-14(15)19/h3-8,10,16H,1-2,9H2,(H,20,23)/t16-/m0/s1. The average Bonchev–Trinajstić information content (AvgIpc) is 3.14. The largest absolute Gasteiger partial charge is 0.323 e. The summed E-state index contributed by atoms with van der Waals surface area (Å²) in [7, 11) is -3.90. The van der Waals surface area contributed by atoms with E-state index in [1.807, 2.05) is 0 Å². The highest BCUT2D eigenvalue weighted by atomic mass is 35.5. The number of nitro benzene ring substituents is 1. The van der Waals surface area contributed by atoms with Crippen LogP contribution in [0.3, 0.4) is 0 Å². The molecule has 0 spiro atoms. The fourth-order valence-electron chi connectivity index (χ4n) is 2.97. The zero-order valence-electron chi connectivity index (χ0n) is 14.3. The fraction of sp³-hybridized carbons (Fsp3) is 0.235. The summed E-state index contributed by atoms with van der Waals surface area (Å²) in [6.07, 6.45) is 0.832. The maximum atomic E-state index is 12.9. The van der Waals surface area contributed by atoms with E-state index >= 15 is 0 Å². The molecule has 0 radical (unpaired) electrons. The smallest absolute Gasteiger partial charge is 0.271 e. The minimum absolute atomic E-state index is 0.0324. The molecule has 1 amide bonds. The molecule has 1 saturated heterocycles. The molecule has 1 atom stereocenters. The van der Waals surface area contributed by atoms with Gasteiger partial charge in [-0.05, 0) is 43.2 Å². The monoisotopic (exact) mass is 443 g/mol. The van der Waals surface area contributed by atoms with Crippen molar-refractivity contribution in [2.75, 3.05) is 11.9 Å². The van der Waals surface area contributed by atoms with Crippen LogP contribution in [0.5, 0.6) is 0 Å². The molecule has 0 aliphatic carbocycles. The molecule has 28 heavy (non-hydrogen) atoms. The molecular weight excluding hydrogens is 429 g/mol. The molecule has 0 unspecified atom stereocenters. The van der Waals surface area contributed by atoms with Gasteiger partial charge in [-0.15, -0.1) is 0 Å². The number of carbonyl (C=O) groups excluding carboxylic acids is 1. The predicted molar refractivity (Wildman–Crippen MR) is 105 cm³/mol. The van der Waals surface area contributed by atoms with Crippen molar-refractivity contribution in [3.05, 3.63) is 62.6 Å². The lowest BCUT2D eigenvalue weighted by molar-refractivity contribution is -0.384. The number of benzene rings is 2. The molecule has 3 rings (SSSR count). The summed E-state index contributed by atoms with van der Waals surface area (Å²) in [5.41, 5.74) is -0.187. The first-order valence-corrected chi connectivity index (χ1v) is 10.4. The van der Waals surface area contributed by atoms with E-state index < -0.39 is 26.9 Å². The second kappa shape index (κ2) is 8.04. The normalized spacial score (nSPS) is 17.4. The lowest BCUT2D eigenvalue weighted by atomic mass is 10.2. The number of amides is 1. The highest BCUT2D eigenvalue weighted by Gasteiger charge is 2.39. The highest BCUT2D eigenvalue weighted by molar-refractivity contribution is 7.89. The number of nitrogens with one attached hydrogen (secondary N) is 1. The molecule has 2 aromatic carbocycles. The van der Waals surface area contributed by atoms with Gasteiger partial charge < -0.3 is 5.32 Å². The van der Waals surface area contributed by atoms with Crippen molar-refractivity contribution in [2.45, 2.75) is 23.8 Å². The molecule has 0 saturated carbocycles. The summed E-state index contributed by atoms with van der Waals surface area (Å²) < 4.78 is 26.9. The number of nitro groups is 1. The first-order valence-electron chi connectivity index (χ1n) is 8.22. The Morgan fingerprint density at radius 2 is 1.86 bits per heavy atom. The number of sulfonamides is 1. The van der Waals surface area contributed by atoms with Crippen LogP contribution in [-0.4, -0.2) is 36.1 Å². The molecule has 1 heterocycles. The Morgan fingerprint density at radius 1 is 1.18 bits per heavy atom. The number of nitrogens with zero attached hydrogens (tertiary/aromatic N) is 2. The van der Waals surface area contributed by atoms with Gasteiger partial charge >= 0.3 is 0 Å². The summed E-state index contributed by atoms with van der Waals surface area (Å²) in [4.78, 5) is 23.1. The van der Waals surface area contributed by atoms with Gasteiger partial charge in [0.25, 0.3) is 5.69 Å². The minimum Gasteiger partial charge on any atom is -0.323 e. The Hall–Kier alpha value is -2.20. The summed E-state index contributed by atoms with van der Waals surface area (Å²) in [5, 5.41) is 13.9. The first-order chi connectivity index (χ1) is 13.2. The van der Waals surface area contributed by atoms with Gasteiger partial charge in [-0.25, -0.2) is 8.42 Å². The lowest BCUT2D eigenvalue weighted by Gasteiger charge is -2.23. The van der Waals surface area contributed by atoms with Gasteiger partial charge in [-0.1, -0.05) is 23.2 Å². The van der Waals surface area contributed by atoms with Gasteiger partial charge in [-0.2, -0.15) is 4.31 Å². The van der Waals surface area contributed by atoms with Crippen LogP contribution >= 0.6 is 23.2 Å². The molecule has 1 aliphatic heterocycles. The number of anilines is 1. The molecule has 148 valence electrons. The first kappa shape index (κ1) is 20.5. The van der Waals surface area contributed by atoms with Crippen LogP contribution in [0.2, 0.25) is 10.0 Å². The molecule has 8 nitrogen and oxygen atoms in total. The Morgan fingerprint density at radius 3 is 2.50 bits per heavy atom. The summed E-state index contributed by atoms with van der Waals surface area (Å²) >= 11 is 11.8. The molecule has 11 heteroatoms. The second-order valence-electron chi connectivity index (χ2n) is 6.14. The Kier molecular flexibility index (Phi) is 5.90. The van der Waals surface area contributed by atoms with E-state index in [9.17, 15) is 23.3 Å². The zero-order chi connectivity index (χ0) is 20.5. The summed E-state index contributed by atoms with van der Waals surface area (Å²) in [6.45, 7) is 0.186. The Bertz CT molecular complexity index is 1030. The highest BCUT2D eigenvalue weighted by Crippen LogP contribution is 2.30. The zero-order valence-corrected chi connectivity index (χ0v) is 16.7.